The molecular weight excluding hydrogens is 231 g/mol. The second-order valence-electron chi connectivity index (χ2n) is 3.19. The summed E-state index contributed by atoms with van der Waals surface area (Å²) in [5, 5.41) is 13.6. The van der Waals surface area contributed by atoms with E-state index in [1.54, 1.807) is 11.8 Å². The largest absolute Gasteiger partial charge is 0.379 e. The molecule has 0 aromatic heterocycles. The maximum absolute atomic E-state index is 12.8. The van der Waals surface area contributed by atoms with Gasteiger partial charge in [-0.1, -0.05) is 0 Å². The number of nitrogens with zero attached hydrogens (tertiary/aromatic N) is 1. The lowest BCUT2D eigenvalue weighted by molar-refractivity contribution is -0.384. The van der Waals surface area contributed by atoms with Gasteiger partial charge in [0.2, 0.25) is 0 Å². The molecule has 0 radical (unpaired) electrons. The molecule has 0 bridgehead atoms. The first-order valence-corrected chi connectivity index (χ1v) is 6.21. The van der Waals surface area contributed by atoms with Gasteiger partial charge < -0.3 is 5.32 Å². The van der Waals surface area contributed by atoms with Crippen LogP contribution in [0.3, 0.4) is 0 Å². The van der Waals surface area contributed by atoms with Gasteiger partial charge in [0.15, 0.2) is 0 Å². The summed E-state index contributed by atoms with van der Waals surface area (Å²) in [6.07, 6.45) is 2.91. The van der Waals surface area contributed by atoms with Crippen LogP contribution in [0.4, 0.5) is 15.8 Å². The SMILES string of the molecule is CSCCCNc1ccc(F)cc1[N+](=O)[O-]. The first-order valence-electron chi connectivity index (χ1n) is 4.82. The van der Waals surface area contributed by atoms with Crippen LogP contribution in [-0.4, -0.2) is 23.5 Å². The molecule has 88 valence electrons. The topological polar surface area (TPSA) is 55.2 Å². The zero-order valence-corrected chi connectivity index (χ0v) is 9.72. The van der Waals surface area contributed by atoms with E-state index in [-0.39, 0.29) is 5.69 Å². The molecule has 0 heterocycles. The Hall–Kier alpha value is -1.30. The number of benzene rings is 1. The van der Waals surface area contributed by atoms with E-state index in [1.807, 2.05) is 6.26 Å². The van der Waals surface area contributed by atoms with Crippen molar-refractivity contribution >= 4 is 23.1 Å². The highest BCUT2D eigenvalue weighted by molar-refractivity contribution is 7.98. The lowest BCUT2D eigenvalue weighted by Crippen LogP contribution is -2.05. The van der Waals surface area contributed by atoms with Crippen molar-refractivity contribution in [2.75, 3.05) is 23.9 Å². The van der Waals surface area contributed by atoms with E-state index in [0.717, 1.165) is 18.2 Å². The molecule has 0 saturated heterocycles. The van der Waals surface area contributed by atoms with E-state index in [9.17, 15) is 14.5 Å². The van der Waals surface area contributed by atoms with Crippen molar-refractivity contribution in [2.24, 2.45) is 0 Å². The van der Waals surface area contributed by atoms with Gasteiger partial charge in [-0.25, -0.2) is 4.39 Å². The third-order valence-electron chi connectivity index (χ3n) is 2.00. The fourth-order valence-corrected chi connectivity index (χ4v) is 1.68. The fraction of sp³-hybridized carbons (Fsp3) is 0.400. The highest BCUT2D eigenvalue weighted by Crippen LogP contribution is 2.24. The van der Waals surface area contributed by atoms with Crippen molar-refractivity contribution in [2.45, 2.75) is 6.42 Å². The van der Waals surface area contributed by atoms with Crippen LogP contribution in [0.15, 0.2) is 18.2 Å². The second kappa shape index (κ2) is 6.32. The summed E-state index contributed by atoms with van der Waals surface area (Å²) in [5.74, 6) is 0.392. The van der Waals surface area contributed by atoms with Crippen LogP contribution in [0.25, 0.3) is 0 Å². The smallest absolute Gasteiger partial charge is 0.295 e. The molecule has 16 heavy (non-hydrogen) atoms. The lowest BCUT2D eigenvalue weighted by Gasteiger charge is -2.06. The summed E-state index contributed by atoms with van der Waals surface area (Å²) >= 11 is 1.72. The summed E-state index contributed by atoms with van der Waals surface area (Å²) < 4.78 is 12.8. The molecule has 1 aromatic carbocycles. The zero-order valence-electron chi connectivity index (χ0n) is 8.90. The van der Waals surface area contributed by atoms with Gasteiger partial charge in [0.05, 0.1) is 11.0 Å². The molecule has 0 atom stereocenters. The number of halogens is 1. The Morgan fingerprint density at radius 2 is 2.31 bits per heavy atom. The number of nitro benzene ring substituents is 1. The van der Waals surface area contributed by atoms with Crippen LogP contribution in [0.1, 0.15) is 6.42 Å². The molecule has 0 spiro atoms. The third-order valence-corrected chi connectivity index (χ3v) is 2.69. The Morgan fingerprint density at radius 1 is 1.56 bits per heavy atom. The van der Waals surface area contributed by atoms with E-state index in [0.29, 0.717) is 12.2 Å². The monoisotopic (exact) mass is 244 g/mol. The molecule has 0 aliphatic rings. The molecule has 0 unspecified atom stereocenters. The second-order valence-corrected chi connectivity index (χ2v) is 4.18. The van der Waals surface area contributed by atoms with Crippen molar-refractivity contribution in [1.82, 2.24) is 0 Å². The van der Waals surface area contributed by atoms with Crippen molar-refractivity contribution in [3.8, 4) is 0 Å². The van der Waals surface area contributed by atoms with Gasteiger partial charge in [-0.05, 0) is 30.6 Å². The lowest BCUT2D eigenvalue weighted by atomic mass is 10.2. The fourth-order valence-electron chi connectivity index (χ4n) is 1.24. The minimum atomic E-state index is -0.596. The third kappa shape index (κ3) is 3.69. The minimum Gasteiger partial charge on any atom is -0.379 e. The molecule has 0 saturated carbocycles. The molecule has 0 amide bonds. The molecule has 0 aliphatic carbocycles. The minimum absolute atomic E-state index is 0.218. The van der Waals surface area contributed by atoms with Crippen LogP contribution >= 0.6 is 11.8 Å². The summed E-state index contributed by atoms with van der Waals surface area (Å²) in [7, 11) is 0. The zero-order chi connectivity index (χ0) is 12.0. The average molecular weight is 244 g/mol. The van der Waals surface area contributed by atoms with Crippen LogP contribution < -0.4 is 5.32 Å². The van der Waals surface area contributed by atoms with Gasteiger partial charge in [0, 0.05) is 6.54 Å². The molecular formula is C10H13FN2O2S. The predicted molar refractivity (Wildman–Crippen MR) is 64.5 cm³/mol. The molecule has 4 nitrogen and oxygen atoms in total. The quantitative estimate of drug-likeness (QED) is 0.475. The van der Waals surface area contributed by atoms with E-state index in [1.165, 1.54) is 12.1 Å². The van der Waals surface area contributed by atoms with Crippen LogP contribution in [0, 0.1) is 15.9 Å². The molecule has 0 fully saturated rings. The maximum Gasteiger partial charge on any atom is 0.295 e. The van der Waals surface area contributed by atoms with Crippen molar-refractivity contribution in [1.29, 1.82) is 0 Å². The van der Waals surface area contributed by atoms with Gasteiger partial charge >= 0.3 is 0 Å². The van der Waals surface area contributed by atoms with Gasteiger partial charge in [0.25, 0.3) is 5.69 Å². The van der Waals surface area contributed by atoms with Crippen LogP contribution in [-0.2, 0) is 0 Å². The van der Waals surface area contributed by atoms with Gasteiger partial charge in [-0.15, -0.1) is 0 Å². The van der Waals surface area contributed by atoms with E-state index < -0.39 is 10.7 Å². The van der Waals surface area contributed by atoms with E-state index in [2.05, 4.69) is 5.32 Å². The number of hydrogen-bond donors (Lipinski definition) is 1. The Morgan fingerprint density at radius 3 is 2.94 bits per heavy atom. The number of nitrogens with one attached hydrogen (secondary N) is 1. The summed E-state index contributed by atoms with van der Waals surface area (Å²) in [6.45, 7) is 0.646. The summed E-state index contributed by atoms with van der Waals surface area (Å²) in [4.78, 5) is 10.1. The van der Waals surface area contributed by atoms with Crippen molar-refractivity contribution < 1.29 is 9.31 Å². The predicted octanol–water partition coefficient (Wildman–Crippen LogP) is 2.90. The molecule has 6 heteroatoms. The Balaban J connectivity index is 2.67. The first-order chi connectivity index (χ1) is 7.65. The van der Waals surface area contributed by atoms with Crippen LogP contribution in [0.5, 0.6) is 0 Å². The van der Waals surface area contributed by atoms with Crippen molar-refractivity contribution in [3.05, 3.63) is 34.1 Å². The van der Waals surface area contributed by atoms with Gasteiger partial charge in [-0.3, -0.25) is 10.1 Å². The number of nitro groups is 1. The Bertz CT molecular complexity index is 374. The number of rotatable bonds is 6. The Kier molecular flexibility index (Phi) is 5.04. The molecule has 1 N–H and O–H groups in total. The van der Waals surface area contributed by atoms with Gasteiger partial charge in [-0.2, -0.15) is 11.8 Å². The van der Waals surface area contributed by atoms with Crippen molar-refractivity contribution in [3.63, 3.8) is 0 Å². The molecule has 1 aromatic rings. The van der Waals surface area contributed by atoms with Crippen LogP contribution in [0.2, 0.25) is 0 Å². The molecule has 0 aliphatic heterocycles. The standard InChI is InChI=1S/C10H13FN2O2S/c1-16-6-2-5-12-9-4-3-8(11)7-10(9)13(14)15/h3-4,7,12H,2,5-6H2,1H3. The molecule has 1 rings (SSSR count). The number of hydrogen-bond acceptors (Lipinski definition) is 4. The highest BCUT2D eigenvalue weighted by atomic mass is 32.2. The number of thioether (sulfide) groups is 1. The normalized spacial score (nSPS) is 10.1. The average Bonchev–Trinajstić information content (AvgIpc) is 2.26. The number of anilines is 1. The summed E-state index contributed by atoms with van der Waals surface area (Å²) in [5.41, 5.74) is 0.150. The highest BCUT2D eigenvalue weighted by Gasteiger charge is 2.13. The summed E-state index contributed by atoms with van der Waals surface area (Å²) in [6, 6.07) is 3.54. The van der Waals surface area contributed by atoms with E-state index >= 15 is 0 Å². The van der Waals surface area contributed by atoms with E-state index in [4.69, 9.17) is 0 Å². The first kappa shape index (κ1) is 12.8. The Labute approximate surface area is 97.4 Å². The maximum atomic E-state index is 12.8. The van der Waals surface area contributed by atoms with Gasteiger partial charge in [0.1, 0.15) is 11.5 Å².